The van der Waals surface area contributed by atoms with Gasteiger partial charge in [0.2, 0.25) is 15.9 Å². The van der Waals surface area contributed by atoms with E-state index in [-0.39, 0.29) is 23.3 Å². The third kappa shape index (κ3) is 5.70. The maximum atomic E-state index is 13.0. The molecule has 0 aliphatic carbocycles. The maximum Gasteiger partial charge on any atom is 0.243 e. The molecule has 1 heterocycles. The summed E-state index contributed by atoms with van der Waals surface area (Å²) in [7, 11) is -3.50. The molecule has 0 bridgehead atoms. The molecule has 6 heteroatoms. The van der Waals surface area contributed by atoms with Gasteiger partial charge in [-0.3, -0.25) is 4.79 Å². The summed E-state index contributed by atoms with van der Waals surface area (Å²) in [6, 6.07) is 18.5. The van der Waals surface area contributed by atoms with Crippen molar-refractivity contribution in [3.63, 3.8) is 0 Å². The predicted octanol–water partition coefficient (Wildman–Crippen LogP) is 4.38. The highest BCUT2D eigenvalue weighted by Gasteiger charge is 2.33. The Labute approximate surface area is 180 Å². The third-order valence-corrected chi connectivity index (χ3v) is 7.45. The maximum absolute atomic E-state index is 13.0. The fourth-order valence-electron chi connectivity index (χ4n) is 3.94. The van der Waals surface area contributed by atoms with E-state index in [0.29, 0.717) is 30.8 Å². The van der Waals surface area contributed by atoms with Crippen LogP contribution in [0.5, 0.6) is 0 Å². The van der Waals surface area contributed by atoms with Crippen LogP contribution in [0.15, 0.2) is 65.6 Å². The Morgan fingerprint density at radius 2 is 1.53 bits per heavy atom. The van der Waals surface area contributed by atoms with Crippen LogP contribution >= 0.6 is 0 Å². The summed E-state index contributed by atoms with van der Waals surface area (Å²) in [4.78, 5) is 13.3. The van der Waals surface area contributed by atoms with Crippen LogP contribution in [0.2, 0.25) is 0 Å². The number of rotatable bonds is 6. The topological polar surface area (TPSA) is 66.5 Å². The second-order valence-corrected chi connectivity index (χ2v) is 11.2. The van der Waals surface area contributed by atoms with E-state index >= 15 is 0 Å². The molecule has 0 radical (unpaired) electrons. The highest BCUT2D eigenvalue weighted by molar-refractivity contribution is 7.89. The largest absolute Gasteiger partial charge is 0.349 e. The fraction of sp³-hybridized carbons (Fsp3) is 0.458. The van der Waals surface area contributed by atoms with Crippen LogP contribution in [0.3, 0.4) is 0 Å². The number of carbonyl (C=O) groups is 1. The number of sulfonamides is 1. The van der Waals surface area contributed by atoms with E-state index in [0.717, 1.165) is 12.0 Å². The average Bonchev–Trinajstić information content (AvgIpc) is 2.73. The fourth-order valence-corrected chi connectivity index (χ4v) is 5.43. The Kier molecular flexibility index (Phi) is 6.98. The molecule has 1 atom stereocenters. The zero-order chi connectivity index (χ0) is 21.8. The molecule has 3 rings (SSSR count). The van der Waals surface area contributed by atoms with Gasteiger partial charge in [0.05, 0.1) is 10.9 Å². The van der Waals surface area contributed by atoms with E-state index in [1.165, 1.54) is 4.31 Å². The number of carbonyl (C=O) groups excluding carboxylic acids is 1. The van der Waals surface area contributed by atoms with Crippen molar-refractivity contribution < 1.29 is 13.2 Å². The van der Waals surface area contributed by atoms with Crippen molar-refractivity contribution in [1.82, 2.24) is 9.62 Å². The minimum atomic E-state index is -3.50. The lowest BCUT2D eigenvalue weighted by atomic mass is 9.85. The second kappa shape index (κ2) is 9.31. The lowest BCUT2D eigenvalue weighted by Gasteiger charge is -2.33. The van der Waals surface area contributed by atoms with Gasteiger partial charge >= 0.3 is 0 Å². The zero-order valence-corrected chi connectivity index (χ0v) is 18.9. The zero-order valence-electron chi connectivity index (χ0n) is 18.0. The van der Waals surface area contributed by atoms with Gasteiger partial charge in [-0.1, -0.05) is 69.3 Å². The Hall–Kier alpha value is -2.18. The molecular formula is C24H32N2O3S. The molecular weight excluding hydrogens is 396 g/mol. The van der Waals surface area contributed by atoms with Crippen molar-refractivity contribution in [1.29, 1.82) is 0 Å². The molecule has 1 aliphatic rings. The van der Waals surface area contributed by atoms with E-state index in [4.69, 9.17) is 0 Å². The Balaban J connectivity index is 1.64. The van der Waals surface area contributed by atoms with Crippen molar-refractivity contribution in [2.75, 3.05) is 13.1 Å². The molecule has 1 N–H and O–H groups in total. The normalized spacial score (nSPS) is 17.4. The van der Waals surface area contributed by atoms with Gasteiger partial charge in [0.1, 0.15) is 0 Å². The van der Waals surface area contributed by atoms with Crippen molar-refractivity contribution in [3.05, 3.63) is 66.2 Å². The molecule has 162 valence electrons. The van der Waals surface area contributed by atoms with E-state index in [1.807, 2.05) is 30.3 Å². The molecule has 30 heavy (non-hydrogen) atoms. The first-order chi connectivity index (χ1) is 14.2. The van der Waals surface area contributed by atoms with Gasteiger partial charge in [-0.15, -0.1) is 0 Å². The summed E-state index contributed by atoms with van der Waals surface area (Å²) in [6.07, 6.45) is 1.91. The number of hydrogen-bond donors (Lipinski definition) is 1. The molecule has 1 amide bonds. The van der Waals surface area contributed by atoms with E-state index in [1.54, 1.807) is 30.3 Å². The van der Waals surface area contributed by atoms with E-state index < -0.39 is 10.0 Å². The highest BCUT2D eigenvalue weighted by atomic mass is 32.2. The Bertz CT molecular complexity index is 929. The first kappa shape index (κ1) is 22.5. The van der Waals surface area contributed by atoms with Crippen LogP contribution in [0, 0.1) is 11.3 Å². The summed E-state index contributed by atoms with van der Waals surface area (Å²) in [5.74, 6) is -0.150. The molecule has 0 spiro atoms. The SMILES string of the molecule is CC(C)(C)CC(NC(=O)C1CCN(S(=O)(=O)c2ccccc2)CC1)c1ccccc1. The van der Waals surface area contributed by atoms with E-state index in [9.17, 15) is 13.2 Å². The van der Waals surface area contributed by atoms with Crippen LogP contribution in [0.1, 0.15) is 51.6 Å². The average molecular weight is 429 g/mol. The van der Waals surface area contributed by atoms with Gasteiger partial charge in [-0.25, -0.2) is 8.42 Å². The first-order valence-electron chi connectivity index (χ1n) is 10.6. The number of nitrogens with zero attached hydrogens (tertiary/aromatic N) is 1. The standard InChI is InChI=1S/C24H32N2O3S/c1-24(2,3)18-22(19-10-6-4-7-11-19)25-23(27)20-14-16-26(17-15-20)30(28,29)21-12-8-5-9-13-21/h4-13,20,22H,14-18H2,1-3H3,(H,25,27). The van der Waals surface area contributed by atoms with Crippen molar-refractivity contribution in [3.8, 4) is 0 Å². The Morgan fingerprint density at radius 3 is 2.07 bits per heavy atom. The predicted molar refractivity (Wildman–Crippen MR) is 119 cm³/mol. The number of amides is 1. The number of benzene rings is 2. The lowest BCUT2D eigenvalue weighted by molar-refractivity contribution is -0.127. The summed E-state index contributed by atoms with van der Waals surface area (Å²) in [6.45, 7) is 7.24. The minimum absolute atomic E-state index is 0.0184. The molecule has 0 aromatic heterocycles. The van der Waals surface area contributed by atoms with Gasteiger partial charge in [-0.2, -0.15) is 4.31 Å². The number of hydrogen-bond acceptors (Lipinski definition) is 3. The monoisotopic (exact) mass is 428 g/mol. The van der Waals surface area contributed by atoms with Gasteiger partial charge in [-0.05, 0) is 42.4 Å². The number of piperidine rings is 1. The molecule has 5 nitrogen and oxygen atoms in total. The molecule has 1 aliphatic heterocycles. The summed E-state index contributed by atoms with van der Waals surface area (Å²) >= 11 is 0. The third-order valence-electron chi connectivity index (χ3n) is 5.54. The van der Waals surface area contributed by atoms with Crippen LogP contribution in [0.4, 0.5) is 0 Å². The van der Waals surface area contributed by atoms with Gasteiger partial charge in [0, 0.05) is 19.0 Å². The lowest BCUT2D eigenvalue weighted by Crippen LogP contribution is -2.44. The smallest absolute Gasteiger partial charge is 0.243 e. The molecule has 2 aromatic rings. The molecule has 0 saturated carbocycles. The van der Waals surface area contributed by atoms with Crippen molar-refractivity contribution in [2.24, 2.45) is 11.3 Å². The highest BCUT2D eigenvalue weighted by Crippen LogP contribution is 2.31. The van der Waals surface area contributed by atoms with Crippen molar-refractivity contribution in [2.45, 2.75) is 51.0 Å². The molecule has 1 fully saturated rings. The van der Waals surface area contributed by atoms with Gasteiger partial charge < -0.3 is 5.32 Å². The van der Waals surface area contributed by atoms with Crippen LogP contribution < -0.4 is 5.32 Å². The Morgan fingerprint density at radius 1 is 1.00 bits per heavy atom. The molecule has 1 saturated heterocycles. The van der Waals surface area contributed by atoms with Gasteiger partial charge in [0.15, 0.2) is 0 Å². The minimum Gasteiger partial charge on any atom is -0.349 e. The summed E-state index contributed by atoms with van der Waals surface area (Å²) in [5, 5.41) is 3.24. The van der Waals surface area contributed by atoms with Crippen LogP contribution in [-0.4, -0.2) is 31.7 Å². The quantitative estimate of drug-likeness (QED) is 0.742. The van der Waals surface area contributed by atoms with Crippen molar-refractivity contribution >= 4 is 15.9 Å². The van der Waals surface area contributed by atoms with Crippen LogP contribution in [-0.2, 0) is 14.8 Å². The van der Waals surface area contributed by atoms with Crippen LogP contribution in [0.25, 0.3) is 0 Å². The first-order valence-corrected chi connectivity index (χ1v) is 12.0. The van der Waals surface area contributed by atoms with E-state index in [2.05, 4.69) is 26.1 Å². The second-order valence-electron chi connectivity index (χ2n) is 9.23. The molecule has 1 unspecified atom stereocenters. The summed E-state index contributed by atoms with van der Waals surface area (Å²) < 4.78 is 27.1. The molecule has 2 aromatic carbocycles. The summed E-state index contributed by atoms with van der Waals surface area (Å²) in [5.41, 5.74) is 1.17. The van der Waals surface area contributed by atoms with Gasteiger partial charge in [0.25, 0.3) is 0 Å². The number of nitrogens with one attached hydrogen (secondary N) is 1.